The Morgan fingerprint density at radius 1 is 1.73 bits per heavy atom. The van der Waals surface area contributed by atoms with Gasteiger partial charge in [-0.25, -0.2) is 0 Å². The summed E-state index contributed by atoms with van der Waals surface area (Å²) >= 11 is 0. The first-order valence-corrected chi connectivity index (χ1v) is 4.05. The van der Waals surface area contributed by atoms with E-state index in [2.05, 4.69) is 16.6 Å². The fraction of sp³-hybridized carbons (Fsp3) is 0.875. The van der Waals surface area contributed by atoms with Crippen molar-refractivity contribution >= 4 is 5.97 Å². The van der Waals surface area contributed by atoms with Crippen LogP contribution in [0.5, 0.6) is 0 Å². The number of hydrogen-bond donors (Lipinski definition) is 0. The van der Waals surface area contributed by atoms with E-state index in [1.165, 1.54) is 20.0 Å². The Morgan fingerprint density at radius 2 is 2.45 bits per heavy atom. The Hall–Kier alpha value is -0.570. The molecule has 1 saturated heterocycles. The number of esters is 1. The van der Waals surface area contributed by atoms with Crippen LogP contribution in [0.15, 0.2) is 0 Å². The molecule has 0 spiro atoms. The summed E-state index contributed by atoms with van der Waals surface area (Å²) in [5, 5.41) is 0. The molecule has 0 aromatic rings. The lowest BCUT2D eigenvalue weighted by molar-refractivity contribution is -0.142. The standard InChI is InChI=1S/C8H15NO2/c1-7-4-3-5-9(7)6-8(10)11-2/h7H,3-6H2,1-2H3. The molecule has 0 N–H and O–H groups in total. The molecule has 1 aliphatic heterocycles. The SMILES string of the molecule is COC(=O)CN1CCCC1C. The number of ether oxygens (including phenoxy) is 1. The van der Waals surface area contributed by atoms with Gasteiger partial charge in [0.1, 0.15) is 0 Å². The summed E-state index contributed by atoms with van der Waals surface area (Å²) in [5.74, 6) is -0.126. The summed E-state index contributed by atoms with van der Waals surface area (Å²) in [5.41, 5.74) is 0. The van der Waals surface area contributed by atoms with Crippen molar-refractivity contribution in [1.29, 1.82) is 0 Å². The molecular formula is C8H15NO2. The first kappa shape index (κ1) is 8.53. The van der Waals surface area contributed by atoms with Crippen molar-refractivity contribution in [2.45, 2.75) is 25.8 Å². The third-order valence-electron chi connectivity index (χ3n) is 2.25. The van der Waals surface area contributed by atoms with Crippen LogP contribution in [0.4, 0.5) is 0 Å². The van der Waals surface area contributed by atoms with Gasteiger partial charge < -0.3 is 4.74 Å². The fourth-order valence-corrected chi connectivity index (χ4v) is 1.46. The van der Waals surface area contributed by atoms with Crippen LogP contribution in [0.1, 0.15) is 19.8 Å². The zero-order valence-corrected chi connectivity index (χ0v) is 7.17. The quantitative estimate of drug-likeness (QED) is 0.551. The maximum absolute atomic E-state index is 10.8. The number of nitrogens with zero attached hydrogens (tertiary/aromatic N) is 1. The second-order valence-corrected chi connectivity index (χ2v) is 3.04. The molecule has 0 aliphatic carbocycles. The minimum absolute atomic E-state index is 0.126. The Labute approximate surface area is 67.3 Å². The van der Waals surface area contributed by atoms with Crippen LogP contribution in [0.25, 0.3) is 0 Å². The minimum Gasteiger partial charge on any atom is -0.468 e. The molecule has 0 aromatic heterocycles. The average molecular weight is 157 g/mol. The van der Waals surface area contributed by atoms with E-state index in [0.29, 0.717) is 12.6 Å². The van der Waals surface area contributed by atoms with E-state index in [0.717, 1.165) is 6.54 Å². The second-order valence-electron chi connectivity index (χ2n) is 3.04. The van der Waals surface area contributed by atoms with Crippen molar-refractivity contribution in [3.63, 3.8) is 0 Å². The summed E-state index contributed by atoms with van der Waals surface area (Å²) in [4.78, 5) is 13.0. The van der Waals surface area contributed by atoms with E-state index in [1.807, 2.05) is 0 Å². The zero-order valence-electron chi connectivity index (χ0n) is 7.17. The van der Waals surface area contributed by atoms with Crippen LogP contribution in [-0.4, -0.2) is 37.1 Å². The predicted octanol–water partition coefficient (Wildman–Crippen LogP) is 0.644. The molecule has 64 valence electrons. The molecule has 1 atom stereocenters. The van der Waals surface area contributed by atoms with Gasteiger partial charge in [-0.2, -0.15) is 0 Å². The van der Waals surface area contributed by atoms with Gasteiger partial charge in [-0.15, -0.1) is 0 Å². The lowest BCUT2D eigenvalue weighted by atomic mass is 10.2. The minimum atomic E-state index is -0.126. The van der Waals surface area contributed by atoms with E-state index in [9.17, 15) is 4.79 Å². The van der Waals surface area contributed by atoms with Crippen LogP contribution < -0.4 is 0 Å². The highest BCUT2D eigenvalue weighted by Gasteiger charge is 2.22. The van der Waals surface area contributed by atoms with Gasteiger partial charge >= 0.3 is 5.97 Å². The molecule has 11 heavy (non-hydrogen) atoms. The Kier molecular flexibility index (Phi) is 2.88. The highest BCUT2D eigenvalue weighted by atomic mass is 16.5. The largest absolute Gasteiger partial charge is 0.468 e. The normalized spacial score (nSPS) is 25.5. The Bertz CT molecular complexity index is 147. The second kappa shape index (κ2) is 3.72. The van der Waals surface area contributed by atoms with Crippen molar-refractivity contribution in [2.75, 3.05) is 20.2 Å². The third kappa shape index (κ3) is 2.19. The van der Waals surface area contributed by atoms with Crippen LogP contribution in [0.3, 0.4) is 0 Å². The van der Waals surface area contributed by atoms with Gasteiger partial charge in [0.15, 0.2) is 0 Å². The molecule has 1 fully saturated rings. The van der Waals surface area contributed by atoms with Gasteiger partial charge in [0.25, 0.3) is 0 Å². The number of likely N-dealkylation sites (tertiary alicyclic amines) is 1. The summed E-state index contributed by atoms with van der Waals surface area (Å²) in [6.07, 6.45) is 2.41. The molecule has 3 heteroatoms. The van der Waals surface area contributed by atoms with Gasteiger partial charge in [-0.05, 0) is 26.3 Å². The molecule has 0 saturated carbocycles. The highest BCUT2D eigenvalue weighted by Crippen LogP contribution is 2.15. The molecule has 1 aliphatic rings. The van der Waals surface area contributed by atoms with E-state index in [-0.39, 0.29) is 5.97 Å². The number of carbonyl (C=O) groups excluding carboxylic acids is 1. The lowest BCUT2D eigenvalue weighted by Gasteiger charge is -2.18. The molecule has 0 aromatic carbocycles. The molecule has 0 bridgehead atoms. The molecule has 0 radical (unpaired) electrons. The molecule has 0 amide bonds. The summed E-state index contributed by atoms with van der Waals surface area (Å²) in [7, 11) is 1.43. The van der Waals surface area contributed by atoms with Crippen LogP contribution in [0, 0.1) is 0 Å². The van der Waals surface area contributed by atoms with Gasteiger partial charge in [-0.1, -0.05) is 0 Å². The van der Waals surface area contributed by atoms with E-state index >= 15 is 0 Å². The number of hydrogen-bond acceptors (Lipinski definition) is 3. The molecular weight excluding hydrogens is 142 g/mol. The first-order chi connectivity index (χ1) is 5.24. The molecule has 1 heterocycles. The van der Waals surface area contributed by atoms with Crippen molar-refractivity contribution in [2.24, 2.45) is 0 Å². The van der Waals surface area contributed by atoms with Crippen molar-refractivity contribution < 1.29 is 9.53 Å². The number of rotatable bonds is 2. The topological polar surface area (TPSA) is 29.5 Å². The van der Waals surface area contributed by atoms with Crippen LogP contribution >= 0.6 is 0 Å². The molecule has 3 nitrogen and oxygen atoms in total. The van der Waals surface area contributed by atoms with Crippen molar-refractivity contribution in [1.82, 2.24) is 4.90 Å². The average Bonchev–Trinajstić information content (AvgIpc) is 2.37. The smallest absolute Gasteiger partial charge is 0.319 e. The lowest BCUT2D eigenvalue weighted by Crippen LogP contribution is -2.32. The monoisotopic (exact) mass is 157 g/mol. The van der Waals surface area contributed by atoms with Gasteiger partial charge in [0, 0.05) is 6.04 Å². The van der Waals surface area contributed by atoms with Crippen LogP contribution in [-0.2, 0) is 9.53 Å². The maximum Gasteiger partial charge on any atom is 0.319 e. The van der Waals surface area contributed by atoms with Crippen LogP contribution in [0.2, 0.25) is 0 Å². The number of carbonyl (C=O) groups is 1. The summed E-state index contributed by atoms with van der Waals surface area (Å²) in [6.45, 7) is 3.64. The third-order valence-corrected chi connectivity index (χ3v) is 2.25. The summed E-state index contributed by atoms with van der Waals surface area (Å²) in [6, 6.07) is 0.550. The summed E-state index contributed by atoms with van der Waals surface area (Å²) < 4.78 is 4.58. The van der Waals surface area contributed by atoms with Gasteiger partial charge in [0.05, 0.1) is 13.7 Å². The van der Waals surface area contributed by atoms with E-state index < -0.39 is 0 Å². The zero-order chi connectivity index (χ0) is 8.27. The van der Waals surface area contributed by atoms with Gasteiger partial charge in [-0.3, -0.25) is 9.69 Å². The Balaban J connectivity index is 2.30. The molecule has 1 rings (SSSR count). The number of methoxy groups -OCH3 is 1. The van der Waals surface area contributed by atoms with E-state index in [4.69, 9.17) is 0 Å². The fourth-order valence-electron chi connectivity index (χ4n) is 1.46. The first-order valence-electron chi connectivity index (χ1n) is 4.05. The van der Waals surface area contributed by atoms with E-state index in [1.54, 1.807) is 0 Å². The van der Waals surface area contributed by atoms with Gasteiger partial charge in [0.2, 0.25) is 0 Å². The Morgan fingerprint density at radius 3 is 2.91 bits per heavy atom. The molecule has 1 unspecified atom stereocenters. The maximum atomic E-state index is 10.8. The predicted molar refractivity (Wildman–Crippen MR) is 42.3 cm³/mol. The van der Waals surface area contributed by atoms with Crippen molar-refractivity contribution in [3.05, 3.63) is 0 Å². The highest BCUT2D eigenvalue weighted by molar-refractivity contribution is 5.71. The van der Waals surface area contributed by atoms with Crippen molar-refractivity contribution in [3.8, 4) is 0 Å².